The summed E-state index contributed by atoms with van der Waals surface area (Å²) in [5, 5.41) is 2.90. The van der Waals surface area contributed by atoms with Crippen LogP contribution < -0.4 is 10.2 Å². The average molecular weight is 400 g/mol. The van der Waals surface area contributed by atoms with E-state index in [2.05, 4.69) is 34.5 Å². The molecular formula is C21H22ClN3O3. The lowest BCUT2D eigenvalue weighted by Crippen LogP contribution is -2.51. The van der Waals surface area contributed by atoms with Crippen LogP contribution in [0.4, 0.5) is 5.69 Å². The number of nitrogens with one attached hydrogen (secondary N) is 1. The Balaban J connectivity index is 1.46. The molecule has 0 bridgehead atoms. The van der Waals surface area contributed by atoms with Crippen molar-refractivity contribution in [1.29, 1.82) is 0 Å². The van der Waals surface area contributed by atoms with E-state index in [0.29, 0.717) is 18.1 Å². The van der Waals surface area contributed by atoms with E-state index in [4.69, 9.17) is 11.6 Å². The fourth-order valence-electron chi connectivity index (χ4n) is 3.05. The van der Waals surface area contributed by atoms with E-state index in [1.807, 2.05) is 6.92 Å². The minimum atomic E-state index is -0.797. The molecule has 1 heterocycles. The number of hydrogen-bond donors (Lipinski definition) is 1. The lowest BCUT2D eigenvalue weighted by Gasteiger charge is -2.36. The van der Waals surface area contributed by atoms with E-state index in [-0.39, 0.29) is 18.0 Å². The van der Waals surface area contributed by atoms with Gasteiger partial charge in [-0.25, -0.2) is 0 Å². The number of carbonyl (C=O) groups is 3. The van der Waals surface area contributed by atoms with E-state index in [0.717, 1.165) is 18.8 Å². The van der Waals surface area contributed by atoms with Crippen LogP contribution in [0.1, 0.15) is 15.9 Å². The van der Waals surface area contributed by atoms with Crippen molar-refractivity contribution in [2.45, 2.75) is 6.92 Å². The minimum Gasteiger partial charge on any atom is -0.368 e. The number of hydrogen-bond acceptors (Lipinski definition) is 4. The monoisotopic (exact) mass is 399 g/mol. The molecule has 146 valence electrons. The Morgan fingerprint density at radius 1 is 0.929 bits per heavy atom. The summed E-state index contributed by atoms with van der Waals surface area (Å²) in [6.45, 7) is 4.47. The Labute approximate surface area is 169 Å². The average Bonchev–Trinajstić information content (AvgIpc) is 2.72. The van der Waals surface area contributed by atoms with Crippen molar-refractivity contribution in [2.75, 3.05) is 37.6 Å². The second-order valence-electron chi connectivity index (χ2n) is 6.72. The van der Waals surface area contributed by atoms with Gasteiger partial charge in [0.05, 0.1) is 6.54 Å². The Kier molecular flexibility index (Phi) is 6.31. The third-order valence-electron chi connectivity index (χ3n) is 4.74. The highest BCUT2D eigenvalue weighted by Crippen LogP contribution is 2.17. The molecule has 2 aromatic rings. The van der Waals surface area contributed by atoms with Gasteiger partial charge in [0.15, 0.2) is 0 Å². The number of Topliss-reactive ketones (excluding diaryl/α,β-unsaturated/α-hetero) is 1. The molecule has 3 rings (SSSR count). The second-order valence-corrected chi connectivity index (χ2v) is 7.16. The summed E-state index contributed by atoms with van der Waals surface area (Å²) >= 11 is 5.78. The van der Waals surface area contributed by atoms with Crippen LogP contribution in [0.25, 0.3) is 0 Å². The zero-order valence-electron chi connectivity index (χ0n) is 15.7. The largest absolute Gasteiger partial charge is 0.368 e. The molecule has 1 aliphatic rings. The van der Waals surface area contributed by atoms with Crippen LogP contribution in [0, 0.1) is 6.92 Å². The molecule has 1 fully saturated rings. The molecule has 2 amide bonds. The highest BCUT2D eigenvalue weighted by molar-refractivity contribution is 6.43. The van der Waals surface area contributed by atoms with Crippen LogP contribution in [0.15, 0.2) is 48.5 Å². The summed E-state index contributed by atoms with van der Waals surface area (Å²) in [7, 11) is 0. The first-order chi connectivity index (χ1) is 13.4. The zero-order valence-corrected chi connectivity index (χ0v) is 16.4. The highest BCUT2D eigenvalue weighted by Gasteiger charge is 2.23. The summed E-state index contributed by atoms with van der Waals surface area (Å²) in [5.41, 5.74) is 2.59. The molecule has 28 heavy (non-hydrogen) atoms. The van der Waals surface area contributed by atoms with Gasteiger partial charge in [0.25, 0.3) is 5.91 Å². The smallest absolute Gasteiger partial charge is 0.292 e. The molecule has 0 aliphatic carbocycles. The molecule has 2 aromatic carbocycles. The molecule has 1 N–H and O–H groups in total. The fourth-order valence-corrected chi connectivity index (χ4v) is 3.18. The minimum absolute atomic E-state index is 0.192. The van der Waals surface area contributed by atoms with Gasteiger partial charge in [0.1, 0.15) is 0 Å². The maximum absolute atomic E-state index is 12.4. The summed E-state index contributed by atoms with van der Waals surface area (Å²) in [5.74, 6) is -1.68. The predicted molar refractivity (Wildman–Crippen MR) is 109 cm³/mol. The molecule has 0 atom stereocenters. The van der Waals surface area contributed by atoms with Gasteiger partial charge >= 0.3 is 0 Å². The van der Waals surface area contributed by atoms with Crippen molar-refractivity contribution < 1.29 is 14.4 Å². The van der Waals surface area contributed by atoms with Crippen LogP contribution in [0.2, 0.25) is 5.02 Å². The van der Waals surface area contributed by atoms with Crippen LogP contribution in [0.3, 0.4) is 0 Å². The van der Waals surface area contributed by atoms with Crippen LogP contribution in [0.5, 0.6) is 0 Å². The fraction of sp³-hybridized carbons (Fsp3) is 0.286. The van der Waals surface area contributed by atoms with E-state index >= 15 is 0 Å². The van der Waals surface area contributed by atoms with Gasteiger partial charge in [0.2, 0.25) is 11.7 Å². The molecule has 1 aliphatic heterocycles. The van der Waals surface area contributed by atoms with Gasteiger partial charge in [-0.05, 0) is 43.3 Å². The zero-order chi connectivity index (χ0) is 20.1. The standard InChI is InChI=1S/C21H22ClN3O3/c1-15-2-8-18(9-3-15)24-10-12-25(13-11-24)19(26)14-23-21(28)20(27)16-4-6-17(22)7-5-16/h2-9H,10-14H2,1H3,(H,23,28). The number of aryl methyl sites for hydroxylation is 1. The van der Waals surface area contributed by atoms with Crippen molar-refractivity contribution >= 4 is 34.9 Å². The van der Waals surface area contributed by atoms with Gasteiger partial charge < -0.3 is 15.1 Å². The van der Waals surface area contributed by atoms with Gasteiger partial charge in [-0.2, -0.15) is 0 Å². The van der Waals surface area contributed by atoms with E-state index in [1.165, 1.54) is 17.7 Å². The maximum Gasteiger partial charge on any atom is 0.292 e. The molecule has 0 spiro atoms. The first-order valence-electron chi connectivity index (χ1n) is 9.11. The summed E-state index contributed by atoms with van der Waals surface area (Å²) < 4.78 is 0. The first-order valence-corrected chi connectivity index (χ1v) is 9.49. The number of piperazine rings is 1. The van der Waals surface area contributed by atoms with Crippen molar-refractivity contribution in [3.8, 4) is 0 Å². The number of nitrogens with zero attached hydrogens (tertiary/aromatic N) is 2. The Morgan fingerprint density at radius 3 is 2.14 bits per heavy atom. The number of rotatable bonds is 5. The van der Waals surface area contributed by atoms with Gasteiger partial charge in [0, 0.05) is 42.5 Å². The normalized spacial score (nSPS) is 13.9. The van der Waals surface area contributed by atoms with E-state index < -0.39 is 11.7 Å². The van der Waals surface area contributed by atoms with Crippen molar-refractivity contribution in [3.63, 3.8) is 0 Å². The molecule has 7 heteroatoms. The molecule has 0 saturated carbocycles. The number of carbonyl (C=O) groups excluding carboxylic acids is 3. The molecule has 0 unspecified atom stereocenters. The second kappa shape index (κ2) is 8.89. The Hall–Kier alpha value is -2.86. The number of anilines is 1. The third-order valence-corrected chi connectivity index (χ3v) is 5.00. The van der Waals surface area contributed by atoms with Gasteiger partial charge in [-0.15, -0.1) is 0 Å². The maximum atomic E-state index is 12.4. The van der Waals surface area contributed by atoms with Gasteiger partial charge in [-0.1, -0.05) is 29.3 Å². The van der Waals surface area contributed by atoms with Crippen LogP contribution in [-0.2, 0) is 9.59 Å². The molecule has 6 nitrogen and oxygen atoms in total. The number of amides is 2. The first kappa shape index (κ1) is 19.9. The van der Waals surface area contributed by atoms with Crippen LogP contribution in [-0.4, -0.2) is 55.2 Å². The van der Waals surface area contributed by atoms with E-state index in [9.17, 15) is 14.4 Å². The molecule has 0 radical (unpaired) electrons. The highest BCUT2D eigenvalue weighted by atomic mass is 35.5. The molecular weight excluding hydrogens is 378 g/mol. The number of benzene rings is 2. The van der Waals surface area contributed by atoms with Crippen molar-refractivity contribution in [1.82, 2.24) is 10.2 Å². The Bertz CT molecular complexity index is 857. The third kappa shape index (κ3) is 4.89. The lowest BCUT2D eigenvalue weighted by atomic mass is 10.1. The summed E-state index contributed by atoms with van der Waals surface area (Å²) in [6, 6.07) is 14.3. The number of halogens is 1. The SMILES string of the molecule is Cc1ccc(N2CCN(C(=O)CNC(=O)C(=O)c3ccc(Cl)cc3)CC2)cc1. The predicted octanol–water partition coefficient (Wildman–Crippen LogP) is 2.30. The molecule has 1 saturated heterocycles. The lowest BCUT2D eigenvalue weighted by molar-refractivity contribution is -0.132. The Morgan fingerprint density at radius 2 is 1.54 bits per heavy atom. The topological polar surface area (TPSA) is 69.7 Å². The molecule has 0 aromatic heterocycles. The van der Waals surface area contributed by atoms with E-state index in [1.54, 1.807) is 17.0 Å². The van der Waals surface area contributed by atoms with Gasteiger partial charge in [-0.3, -0.25) is 14.4 Å². The number of ketones is 1. The summed E-state index contributed by atoms with van der Waals surface area (Å²) in [4.78, 5) is 40.4. The van der Waals surface area contributed by atoms with Crippen molar-refractivity contribution in [3.05, 3.63) is 64.7 Å². The van der Waals surface area contributed by atoms with Crippen molar-refractivity contribution in [2.24, 2.45) is 0 Å². The quantitative estimate of drug-likeness (QED) is 0.618. The van der Waals surface area contributed by atoms with Crippen LogP contribution >= 0.6 is 11.6 Å². The summed E-state index contributed by atoms with van der Waals surface area (Å²) in [6.07, 6.45) is 0.